The second kappa shape index (κ2) is 11.7. The van der Waals surface area contributed by atoms with Gasteiger partial charge in [-0.25, -0.2) is 0 Å². The Balaban J connectivity index is 1.43. The Hall–Kier alpha value is -5.20. The van der Waals surface area contributed by atoms with Crippen LogP contribution in [-0.4, -0.2) is 0 Å². The molecule has 0 nitrogen and oxygen atoms in total. The lowest BCUT2D eigenvalue weighted by molar-refractivity contribution is 0.711. The number of aryl methyl sites for hydroxylation is 8. The summed E-state index contributed by atoms with van der Waals surface area (Å²) in [6, 6.07) is 44.9. The van der Waals surface area contributed by atoms with Crippen LogP contribution >= 0.6 is 0 Å². The van der Waals surface area contributed by atoms with Crippen molar-refractivity contribution >= 4 is 10.8 Å². The van der Waals surface area contributed by atoms with Crippen LogP contribution in [0.2, 0.25) is 0 Å². The van der Waals surface area contributed by atoms with Gasteiger partial charge in [0.05, 0.1) is 0 Å². The van der Waals surface area contributed by atoms with Crippen LogP contribution < -0.4 is 0 Å². The third kappa shape index (κ3) is 5.30. The molecule has 0 bridgehead atoms. The van der Waals surface area contributed by atoms with E-state index in [4.69, 9.17) is 0 Å². The average molecular weight is 647 g/mol. The second-order valence-corrected chi connectivity index (χ2v) is 15.5. The first-order chi connectivity index (χ1) is 23.9. The van der Waals surface area contributed by atoms with Crippen LogP contribution in [0, 0.1) is 55.4 Å². The Kier molecular flexibility index (Phi) is 7.50. The topological polar surface area (TPSA) is 0 Å². The molecule has 0 saturated carbocycles. The fourth-order valence-electron chi connectivity index (χ4n) is 8.91. The summed E-state index contributed by atoms with van der Waals surface area (Å²) in [5.74, 6) is 0. The lowest BCUT2D eigenvalue weighted by Crippen LogP contribution is -2.23. The van der Waals surface area contributed by atoms with Crippen molar-refractivity contribution in [2.45, 2.75) is 67.7 Å². The number of hydrogen-bond acceptors (Lipinski definition) is 0. The van der Waals surface area contributed by atoms with Crippen molar-refractivity contribution < 1.29 is 0 Å². The van der Waals surface area contributed by atoms with Crippen molar-refractivity contribution in [2.24, 2.45) is 0 Å². The SMILES string of the molecule is Cc1cc(C)cc(-c2cc(-c3ccc4c(c3)C(C)(c3cc(C)cc(C)c3)c3cc(C)ccc3-4)cc3c(-c4cc(C)cc(C)c4)cc(C)cc23)c1. The Labute approximate surface area is 298 Å². The predicted octanol–water partition coefficient (Wildman–Crippen LogP) is 13.6. The zero-order valence-electron chi connectivity index (χ0n) is 31.0. The summed E-state index contributed by atoms with van der Waals surface area (Å²) in [6.07, 6.45) is 0. The molecule has 1 aliphatic carbocycles. The first kappa shape index (κ1) is 32.0. The van der Waals surface area contributed by atoms with Crippen LogP contribution in [0.1, 0.15) is 68.1 Å². The predicted molar refractivity (Wildman–Crippen MR) is 216 cm³/mol. The molecular weight excluding hydrogens is 601 g/mol. The van der Waals surface area contributed by atoms with Gasteiger partial charge in [0.25, 0.3) is 0 Å². The standard InChI is InChI=1S/C50H46/c1-29-10-12-42-43-13-11-37(28-49(43)50(9,48(42)25-29)41-21-34(6)16-35(7)22-41)38-26-45(40-19-32(4)15-33(5)20-40)46-24-36(8)23-44(47(46)27-38)39-17-30(2)14-31(3)18-39/h10-28H,1-9H3. The summed E-state index contributed by atoms with van der Waals surface area (Å²) in [6.45, 7) is 20.2. The molecule has 0 amide bonds. The van der Waals surface area contributed by atoms with Gasteiger partial charge in [-0.2, -0.15) is 0 Å². The molecule has 7 aromatic rings. The van der Waals surface area contributed by atoms with Crippen LogP contribution in [0.3, 0.4) is 0 Å². The molecule has 246 valence electrons. The molecule has 50 heavy (non-hydrogen) atoms. The lowest BCUT2D eigenvalue weighted by atomic mass is 9.73. The molecule has 0 fully saturated rings. The lowest BCUT2D eigenvalue weighted by Gasteiger charge is -2.30. The van der Waals surface area contributed by atoms with Crippen molar-refractivity contribution in [3.63, 3.8) is 0 Å². The second-order valence-electron chi connectivity index (χ2n) is 15.5. The van der Waals surface area contributed by atoms with E-state index in [2.05, 4.69) is 178 Å². The van der Waals surface area contributed by atoms with E-state index in [9.17, 15) is 0 Å². The summed E-state index contributed by atoms with van der Waals surface area (Å²) < 4.78 is 0. The van der Waals surface area contributed by atoms with Crippen molar-refractivity contribution in [1.29, 1.82) is 0 Å². The maximum atomic E-state index is 2.50. The van der Waals surface area contributed by atoms with Gasteiger partial charge in [-0.05, 0) is 158 Å². The zero-order valence-corrected chi connectivity index (χ0v) is 31.0. The summed E-state index contributed by atoms with van der Waals surface area (Å²) in [4.78, 5) is 0. The van der Waals surface area contributed by atoms with Gasteiger partial charge >= 0.3 is 0 Å². The molecule has 0 saturated heterocycles. The van der Waals surface area contributed by atoms with E-state index in [0.717, 1.165) is 0 Å². The molecule has 1 atom stereocenters. The Morgan fingerprint density at radius 2 is 0.760 bits per heavy atom. The molecule has 7 aromatic carbocycles. The van der Waals surface area contributed by atoms with Gasteiger partial charge in [0.15, 0.2) is 0 Å². The van der Waals surface area contributed by atoms with E-state index < -0.39 is 0 Å². The Morgan fingerprint density at radius 3 is 1.34 bits per heavy atom. The highest BCUT2D eigenvalue weighted by molar-refractivity contribution is 6.07. The van der Waals surface area contributed by atoms with Crippen molar-refractivity contribution in [1.82, 2.24) is 0 Å². The van der Waals surface area contributed by atoms with Gasteiger partial charge in [-0.1, -0.05) is 136 Å². The quantitative estimate of drug-likeness (QED) is 0.178. The average Bonchev–Trinajstić information content (AvgIpc) is 3.30. The van der Waals surface area contributed by atoms with E-state index >= 15 is 0 Å². The first-order valence-corrected chi connectivity index (χ1v) is 18.0. The largest absolute Gasteiger partial charge is 0.0587 e. The maximum Gasteiger partial charge on any atom is 0.0436 e. The molecule has 1 aliphatic rings. The van der Waals surface area contributed by atoms with Gasteiger partial charge in [-0.3, -0.25) is 0 Å². The van der Waals surface area contributed by atoms with E-state index in [-0.39, 0.29) is 5.41 Å². The summed E-state index contributed by atoms with van der Waals surface area (Å²) in [5.41, 5.74) is 24.6. The summed E-state index contributed by atoms with van der Waals surface area (Å²) >= 11 is 0. The van der Waals surface area contributed by atoms with E-state index in [1.54, 1.807) is 0 Å². The van der Waals surface area contributed by atoms with E-state index in [0.29, 0.717) is 0 Å². The third-order valence-corrected chi connectivity index (χ3v) is 11.0. The molecule has 8 rings (SSSR count). The van der Waals surface area contributed by atoms with Crippen LogP contribution in [0.25, 0.3) is 55.3 Å². The molecular formula is C50H46. The monoisotopic (exact) mass is 646 g/mol. The highest BCUT2D eigenvalue weighted by atomic mass is 14.4. The van der Waals surface area contributed by atoms with Gasteiger partial charge < -0.3 is 0 Å². The number of hydrogen-bond donors (Lipinski definition) is 0. The molecule has 0 N–H and O–H groups in total. The smallest absolute Gasteiger partial charge is 0.0436 e. The molecule has 0 aliphatic heterocycles. The molecule has 0 spiro atoms. The van der Waals surface area contributed by atoms with Crippen LogP contribution in [0.5, 0.6) is 0 Å². The molecule has 0 heteroatoms. The molecule has 0 heterocycles. The van der Waals surface area contributed by atoms with E-state index in [1.807, 2.05) is 0 Å². The van der Waals surface area contributed by atoms with Crippen LogP contribution in [0.15, 0.2) is 115 Å². The minimum atomic E-state index is -0.266. The van der Waals surface area contributed by atoms with Gasteiger partial charge in [0, 0.05) is 5.41 Å². The number of benzene rings is 7. The zero-order chi connectivity index (χ0) is 35.1. The van der Waals surface area contributed by atoms with Gasteiger partial charge in [0.2, 0.25) is 0 Å². The van der Waals surface area contributed by atoms with Crippen molar-refractivity contribution in [2.75, 3.05) is 0 Å². The third-order valence-electron chi connectivity index (χ3n) is 11.0. The normalized spacial score (nSPS) is 15.0. The highest BCUT2D eigenvalue weighted by Crippen LogP contribution is 2.54. The number of rotatable bonds is 4. The minimum absolute atomic E-state index is 0.266. The fraction of sp³-hybridized carbons (Fsp3) is 0.200. The first-order valence-electron chi connectivity index (χ1n) is 18.0. The fourth-order valence-corrected chi connectivity index (χ4v) is 8.91. The number of fused-ring (bicyclic) bond motifs is 4. The highest BCUT2D eigenvalue weighted by Gasteiger charge is 2.41. The van der Waals surface area contributed by atoms with Crippen molar-refractivity contribution in [3.8, 4) is 44.5 Å². The Bertz CT molecular complexity index is 2460. The van der Waals surface area contributed by atoms with Crippen LogP contribution in [0.4, 0.5) is 0 Å². The maximum absolute atomic E-state index is 2.50. The van der Waals surface area contributed by atoms with E-state index in [1.165, 1.54) is 116 Å². The van der Waals surface area contributed by atoms with Crippen molar-refractivity contribution in [3.05, 3.63) is 176 Å². The minimum Gasteiger partial charge on any atom is -0.0587 e. The summed E-state index contributed by atoms with van der Waals surface area (Å²) in [7, 11) is 0. The molecule has 0 aromatic heterocycles. The molecule has 1 unspecified atom stereocenters. The molecule has 0 radical (unpaired) electrons. The Morgan fingerprint density at radius 1 is 0.300 bits per heavy atom. The van der Waals surface area contributed by atoms with Gasteiger partial charge in [-0.15, -0.1) is 0 Å². The van der Waals surface area contributed by atoms with Gasteiger partial charge in [0.1, 0.15) is 0 Å². The summed E-state index contributed by atoms with van der Waals surface area (Å²) in [5, 5.41) is 2.60. The van der Waals surface area contributed by atoms with Crippen LogP contribution in [-0.2, 0) is 5.41 Å².